The molecule has 0 fully saturated rings. The van der Waals surface area contributed by atoms with Crippen LogP contribution in [0.5, 0.6) is 5.75 Å². The van der Waals surface area contributed by atoms with Crippen LogP contribution in [0.2, 0.25) is 5.02 Å². The zero-order valence-electron chi connectivity index (χ0n) is 9.08. The molecule has 1 heterocycles. The Labute approximate surface area is 113 Å². The third-order valence-corrected chi connectivity index (χ3v) is 3.11. The van der Waals surface area contributed by atoms with Crippen molar-refractivity contribution in [2.24, 2.45) is 0 Å². The van der Waals surface area contributed by atoms with Crippen molar-refractivity contribution in [2.75, 3.05) is 12.4 Å². The summed E-state index contributed by atoms with van der Waals surface area (Å²) in [6, 6.07) is 9.26. The molecule has 0 atom stereocenters. The zero-order chi connectivity index (χ0) is 12.3. The minimum atomic E-state index is 0.560. The van der Waals surface area contributed by atoms with Gasteiger partial charge in [-0.2, -0.15) is 0 Å². The molecule has 1 N–H and O–H groups in total. The van der Waals surface area contributed by atoms with Crippen LogP contribution < -0.4 is 10.1 Å². The van der Waals surface area contributed by atoms with Crippen molar-refractivity contribution in [2.45, 2.75) is 0 Å². The van der Waals surface area contributed by atoms with Crippen molar-refractivity contribution >= 4 is 39.0 Å². The summed E-state index contributed by atoms with van der Waals surface area (Å²) in [5.74, 6) is 1.39. The molecule has 17 heavy (non-hydrogen) atoms. The molecule has 0 aliphatic rings. The molecular formula is C12H10BrClN2O. The molecule has 5 heteroatoms. The van der Waals surface area contributed by atoms with Crippen molar-refractivity contribution in [1.29, 1.82) is 0 Å². The molecule has 3 nitrogen and oxygen atoms in total. The molecule has 2 rings (SSSR count). The predicted molar refractivity (Wildman–Crippen MR) is 73.2 cm³/mol. The van der Waals surface area contributed by atoms with Crippen molar-refractivity contribution in [1.82, 2.24) is 4.98 Å². The van der Waals surface area contributed by atoms with Gasteiger partial charge < -0.3 is 10.1 Å². The molecule has 2 aromatic rings. The van der Waals surface area contributed by atoms with Crippen molar-refractivity contribution < 1.29 is 4.74 Å². The maximum Gasteiger partial charge on any atom is 0.144 e. The standard InChI is InChI=1S/C12H10BrClN2O/c1-17-11-5-4-8(7-10(11)14)16-12-9(13)3-2-6-15-12/h2-7H,1H3,(H,15,16). The Kier molecular flexibility index (Phi) is 3.86. The van der Waals surface area contributed by atoms with Crippen LogP contribution in [0.1, 0.15) is 0 Å². The van der Waals surface area contributed by atoms with E-state index in [1.54, 1.807) is 19.4 Å². The number of anilines is 2. The van der Waals surface area contributed by atoms with E-state index in [0.717, 1.165) is 16.0 Å². The van der Waals surface area contributed by atoms with E-state index in [-0.39, 0.29) is 0 Å². The molecule has 0 aliphatic carbocycles. The second kappa shape index (κ2) is 5.38. The molecule has 0 saturated heterocycles. The number of nitrogens with zero attached hydrogens (tertiary/aromatic N) is 1. The van der Waals surface area contributed by atoms with Gasteiger partial charge in [-0.05, 0) is 46.3 Å². The van der Waals surface area contributed by atoms with E-state index in [2.05, 4.69) is 26.2 Å². The third-order valence-electron chi connectivity index (χ3n) is 2.17. The summed E-state index contributed by atoms with van der Waals surface area (Å²) in [7, 11) is 1.59. The number of hydrogen-bond acceptors (Lipinski definition) is 3. The summed E-state index contributed by atoms with van der Waals surface area (Å²) in [6.07, 6.45) is 1.72. The normalized spacial score (nSPS) is 10.1. The monoisotopic (exact) mass is 312 g/mol. The Hall–Kier alpha value is -1.26. The average molecular weight is 314 g/mol. The lowest BCUT2D eigenvalue weighted by atomic mass is 10.3. The van der Waals surface area contributed by atoms with Gasteiger partial charge in [-0.15, -0.1) is 0 Å². The van der Waals surface area contributed by atoms with Gasteiger partial charge in [0.25, 0.3) is 0 Å². The fourth-order valence-corrected chi connectivity index (χ4v) is 1.97. The Morgan fingerprint density at radius 3 is 2.82 bits per heavy atom. The lowest BCUT2D eigenvalue weighted by molar-refractivity contribution is 0.415. The molecule has 0 unspecified atom stereocenters. The quantitative estimate of drug-likeness (QED) is 0.920. The highest BCUT2D eigenvalue weighted by molar-refractivity contribution is 9.10. The number of methoxy groups -OCH3 is 1. The fourth-order valence-electron chi connectivity index (χ4n) is 1.36. The lowest BCUT2D eigenvalue weighted by Crippen LogP contribution is -1.94. The van der Waals surface area contributed by atoms with Gasteiger partial charge in [0.2, 0.25) is 0 Å². The molecule has 0 aliphatic heterocycles. The Morgan fingerprint density at radius 2 is 2.18 bits per heavy atom. The molecule has 0 radical (unpaired) electrons. The van der Waals surface area contributed by atoms with E-state index in [1.807, 2.05) is 24.3 Å². The SMILES string of the molecule is COc1ccc(Nc2ncccc2Br)cc1Cl. The van der Waals surface area contributed by atoms with Gasteiger partial charge in [0.05, 0.1) is 16.6 Å². The average Bonchev–Trinajstić information content (AvgIpc) is 2.32. The topological polar surface area (TPSA) is 34.1 Å². The number of benzene rings is 1. The van der Waals surface area contributed by atoms with Crippen LogP contribution in [0.3, 0.4) is 0 Å². The lowest BCUT2D eigenvalue weighted by Gasteiger charge is -2.09. The van der Waals surface area contributed by atoms with Crippen molar-refractivity contribution in [3.8, 4) is 5.75 Å². The van der Waals surface area contributed by atoms with E-state index in [0.29, 0.717) is 10.8 Å². The summed E-state index contributed by atoms with van der Waals surface area (Å²) >= 11 is 9.46. The van der Waals surface area contributed by atoms with E-state index in [9.17, 15) is 0 Å². The van der Waals surface area contributed by atoms with E-state index < -0.39 is 0 Å². The molecular weight excluding hydrogens is 304 g/mol. The first kappa shape index (κ1) is 12.2. The highest BCUT2D eigenvalue weighted by Crippen LogP contribution is 2.29. The molecule has 0 spiro atoms. The number of rotatable bonds is 3. The largest absolute Gasteiger partial charge is 0.495 e. The Balaban J connectivity index is 2.25. The van der Waals surface area contributed by atoms with Gasteiger partial charge in [0.15, 0.2) is 0 Å². The predicted octanol–water partition coefficient (Wildman–Crippen LogP) is 4.25. The van der Waals surface area contributed by atoms with Gasteiger partial charge in [-0.25, -0.2) is 4.98 Å². The van der Waals surface area contributed by atoms with Gasteiger partial charge in [0, 0.05) is 11.9 Å². The maximum atomic E-state index is 6.04. The minimum absolute atomic E-state index is 0.560. The fraction of sp³-hybridized carbons (Fsp3) is 0.0833. The number of ether oxygens (including phenoxy) is 1. The number of nitrogens with one attached hydrogen (secondary N) is 1. The molecule has 1 aromatic heterocycles. The zero-order valence-corrected chi connectivity index (χ0v) is 11.4. The van der Waals surface area contributed by atoms with Crippen molar-refractivity contribution in [3.63, 3.8) is 0 Å². The molecule has 0 bridgehead atoms. The second-order valence-electron chi connectivity index (χ2n) is 3.31. The molecule has 0 amide bonds. The first-order valence-electron chi connectivity index (χ1n) is 4.92. The van der Waals surface area contributed by atoms with Crippen molar-refractivity contribution in [3.05, 3.63) is 46.0 Å². The first-order chi connectivity index (χ1) is 8.20. The maximum absolute atomic E-state index is 6.04. The summed E-state index contributed by atoms with van der Waals surface area (Å²) in [6.45, 7) is 0. The first-order valence-corrected chi connectivity index (χ1v) is 6.09. The highest BCUT2D eigenvalue weighted by Gasteiger charge is 2.04. The van der Waals surface area contributed by atoms with Gasteiger partial charge >= 0.3 is 0 Å². The van der Waals surface area contributed by atoms with Crippen LogP contribution in [-0.4, -0.2) is 12.1 Å². The highest BCUT2D eigenvalue weighted by atomic mass is 79.9. The molecule has 88 valence electrons. The Morgan fingerprint density at radius 1 is 1.35 bits per heavy atom. The van der Waals surface area contributed by atoms with E-state index in [4.69, 9.17) is 16.3 Å². The number of aromatic nitrogens is 1. The van der Waals surface area contributed by atoms with Crippen LogP contribution in [0.15, 0.2) is 41.0 Å². The summed E-state index contributed by atoms with van der Waals surface area (Å²) in [4.78, 5) is 4.21. The van der Waals surface area contributed by atoms with Gasteiger partial charge in [0.1, 0.15) is 11.6 Å². The van der Waals surface area contributed by atoms with E-state index >= 15 is 0 Å². The number of halogens is 2. The number of hydrogen-bond donors (Lipinski definition) is 1. The number of pyridine rings is 1. The molecule has 0 saturated carbocycles. The van der Waals surface area contributed by atoms with Gasteiger partial charge in [-0.3, -0.25) is 0 Å². The molecule has 1 aromatic carbocycles. The summed E-state index contributed by atoms with van der Waals surface area (Å²) in [5.41, 5.74) is 0.857. The van der Waals surface area contributed by atoms with Crippen LogP contribution in [0.25, 0.3) is 0 Å². The van der Waals surface area contributed by atoms with E-state index in [1.165, 1.54) is 0 Å². The Bertz CT molecular complexity index is 534. The van der Waals surface area contributed by atoms with Gasteiger partial charge in [-0.1, -0.05) is 11.6 Å². The second-order valence-corrected chi connectivity index (χ2v) is 4.57. The summed E-state index contributed by atoms with van der Waals surface area (Å²) < 4.78 is 5.98. The van der Waals surface area contributed by atoms with Crippen LogP contribution in [0.4, 0.5) is 11.5 Å². The van der Waals surface area contributed by atoms with Crippen LogP contribution >= 0.6 is 27.5 Å². The smallest absolute Gasteiger partial charge is 0.144 e. The van der Waals surface area contributed by atoms with Crippen LogP contribution in [-0.2, 0) is 0 Å². The summed E-state index contributed by atoms with van der Waals surface area (Å²) in [5, 5.41) is 3.73. The minimum Gasteiger partial charge on any atom is -0.495 e. The van der Waals surface area contributed by atoms with Crippen LogP contribution in [0, 0.1) is 0 Å². The third kappa shape index (κ3) is 2.90.